The summed E-state index contributed by atoms with van der Waals surface area (Å²) in [7, 11) is -2.40. The summed E-state index contributed by atoms with van der Waals surface area (Å²) >= 11 is 5.84. The molecule has 0 radical (unpaired) electrons. The molecule has 2 heterocycles. The number of piperidine rings is 1. The number of amides is 1. The molecule has 0 saturated carbocycles. The highest BCUT2D eigenvalue weighted by atomic mass is 35.5. The maximum absolute atomic E-state index is 13.0. The van der Waals surface area contributed by atoms with Crippen molar-refractivity contribution in [1.82, 2.24) is 9.21 Å². The number of carbonyl (C=O) groups is 2. The molecule has 0 unspecified atom stereocenters. The zero-order chi connectivity index (χ0) is 19.6. The normalized spacial score (nSPS) is 22.0. The third-order valence-corrected chi connectivity index (χ3v) is 7.42. The van der Waals surface area contributed by atoms with Crippen molar-refractivity contribution in [2.45, 2.75) is 36.6 Å². The third kappa shape index (κ3) is 4.12. The van der Waals surface area contributed by atoms with E-state index in [0.717, 1.165) is 0 Å². The number of carbonyl (C=O) groups excluding carboxylic acids is 2. The molecule has 27 heavy (non-hydrogen) atoms. The summed E-state index contributed by atoms with van der Waals surface area (Å²) in [6, 6.07) is 5.27. The molecule has 1 aromatic rings. The Hall–Kier alpha value is -1.64. The first-order valence-electron chi connectivity index (χ1n) is 8.98. The Morgan fingerprint density at radius 2 is 1.70 bits per heavy atom. The van der Waals surface area contributed by atoms with Crippen LogP contribution < -0.4 is 0 Å². The first-order valence-corrected chi connectivity index (χ1v) is 10.8. The Labute approximate surface area is 164 Å². The largest absolute Gasteiger partial charge is 0.469 e. The summed E-state index contributed by atoms with van der Waals surface area (Å²) in [4.78, 5) is 26.4. The van der Waals surface area contributed by atoms with Gasteiger partial charge in [-0.3, -0.25) is 9.59 Å². The van der Waals surface area contributed by atoms with Crippen molar-refractivity contribution < 1.29 is 22.7 Å². The SMILES string of the molecule is COC(=O)C1CCN(C(=O)[C@@H]2CCCN2S(=O)(=O)c2ccc(Cl)cc2)CC1. The molecule has 2 saturated heterocycles. The average Bonchev–Trinajstić information content (AvgIpc) is 3.18. The van der Waals surface area contributed by atoms with Gasteiger partial charge in [0.05, 0.1) is 17.9 Å². The second-order valence-corrected chi connectivity index (χ2v) is 9.18. The minimum absolute atomic E-state index is 0.135. The predicted molar refractivity (Wildman–Crippen MR) is 99.7 cm³/mol. The van der Waals surface area contributed by atoms with Gasteiger partial charge in [-0.2, -0.15) is 4.31 Å². The van der Waals surface area contributed by atoms with E-state index in [2.05, 4.69) is 0 Å². The molecule has 1 aromatic carbocycles. The number of likely N-dealkylation sites (tertiary alicyclic amines) is 1. The van der Waals surface area contributed by atoms with E-state index in [1.165, 1.54) is 35.7 Å². The van der Waals surface area contributed by atoms with Crippen LogP contribution in [0.3, 0.4) is 0 Å². The van der Waals surface area contributed by atoms with Crippen molar-refractivity contribution in [2.75, 3.05) is 26.7 Å². The van der Waals surface area contributed by atoms with Crippen molar-refractivity contribution in [1.29, 1.82) is 0 Å². The zero-order valence-electron chi connectivity index (χ0n) is 15.1. The first kappa shape index (κ1) is 20.1. The van der Waals surface area contributed by atoms with Gasteiger partial charge in [0.25, 0.3) is 0 Å². The molecule has 2 fully saturated rings. The Morgan fingerprint density at radius 1 is 1.07 bits per heavy atom. The highest BCUT2D eigenvalue weighted by Crippen LogP contribution is 2.29. The highest BCUT2D eigenvalue weighted by Gasteiger charge is 2.42. The number of hydrogen-bond acceptors (Lipinski definition) is 5. The Balaban J connectivity index is 1.72. The van der Waals surface area contributed by atoms with Gasteiger partial charge in [0.2, 0.25) is 15.9 Å². The van der Waals surface area contributed by atoms with Crippen molar-refractivity contribution in [3.05, 3.63) is 29.3 Å². The number of halogens is 1. The lowest BCUT2D eigenvalue weighted by Gasteiger charge is -2.34. The molecule has 3 rings (SSSR count). The fourth-order valence-corrected chi connectivity index (χ4v) is 5.51. The van der Waals surface area contributed by atoms with E-state index < -0.39 is 16.1 Å². The van der Waals surface area contributed by atoms with E-state index in [-0.39, 0.29) is 22.7 Å². The van der Waals surface area contributed by atoms with Crippen LogP contribution in [0.4, 0.5) is 0 Å². The first-order chi connectivity index (χ1) is 12.8. The van der Waals surface area contributed by atoms with Crippen LogP contribution in [0.25, 0.3) is 0 Å². The number of ether oxygens (including phenoxy) is 1. The van der Waals surface area contributed by atoms with E-state index >= 15 is 0 Å². The molecule has 0 spiro atoms. The summed E-state index contributed by atoms with van der Waals surface area (Å²) in [5.74, 6) is -0.639. The van der Waals surface area contributed by atoms with Crippen LogP contribution in [0.1, 0.15) is 25.7 Å². The van der Waals surface area contributed by atoms with Crippen LogP contribution in [0.5, 0.6) is 0 Å². The molecular formula is C18H23ClN2O5S. The number of benzene rings is 1. The molecule has 2 aliphatic heterocycles. The lowest BCUT2D eigenvalue weighted by Crippen LogP contribution is -2.50. The summed E-state index contributed by atoms with van der Waals surface area (Å²) in [5, 5.41) is 0.455. The quantitative estimate of drug-likeness (QED) is 0.702. The van der Waals surface area contributed by atoms with Gasteiger partial charge in [-0.15, -0.1) is 0 Å². The second-order valence-electron chi connectivity index (χ2n) is 6.85. The molecule has 0 N–H and O–H groups in total. The summed E-state index contributed by atoms with van der Waals surface area (Å²) in [6.45, 7) is 1.19. The molecule has 7 nitrogen and oxygen atoms in total. The van der Waals surface area contributed by atoms with Crippen LogP contribution in [-0.4, -0.2) is 62.3 Å². The molecule has 1 atom stereocenters. The Kier molecular flexibility index (Phi) is 6.08. The van der Waals surface area contributed by atoms with Crippen molar-refractivity contribution in [3.8, 4) is 0 Å². The number of nitrogens with zero attached hydrogens (tertiary/aromatic N) is 2. The van der Waals surface area contributed by atoms with E-state index in [0.29, 0.717) is 50.3 Å². The van der Waals surface area contributed by atoms with Gasteiger partial charge in [-0.05, 0) is 49.9 Å². The number of hydrogen-bond donors (Lipinski definition) is 0. The van der Waals surface area contributed by atoms with Gasteiger partial charge in [-0.25, -0.2) is 8.42 Å². The fourth-order valence-electron chi connectivity index (χ4n) is 3.73. The lowest BCUT2D eigenvalue weighted by atomic mass is 9.96. The predicted octanol–water partition coefficient (Wildman–Crippen LogP) is 1.90. The van der Waals surface area contributed by atoms with Crippen LogP contribution in [-0.2, 0) is 24.3 Å². The minimum Gasteiger partial charge on any atom is -0.469 e. The molecular weight excluding hydrogens is 392 g/mol. The van der Waals surface area contributed by atoms with Crippen molar-refractivity contribution >= 4 is 33.5 Å². The summed E-state index contributed by atoms with van der Waals surface area (Å²) in [6.07, 6.45) is 2.22. The van der Waals surface area contributed by atoms with E-state index in [9.17, 15) is 18.0 Å². The van der Waals surface area contributed by atoms with Gasteiger partial charge in [0, 0.05) is 24.7 Å². The van der Waals surface area contributed by atoms with Crippen LogP contribution >= 0.6 is 11.6 Å². The monoisotopic (exact) mass is 414 g/mol. The van der Waals surface area contributed by atoms with E-state index in [4.69, 9.17) is 16.3 Å². The average molecular weight is 415 g/mol. The van der Waals surface area contributed by atoms with Gasteiger partial charge < -0.3 is 9.64 Å². The lowest BCUT2D eigenvalue weighted by molar-refractivity contribution is -0.149. The van der Waals surface area contributed by atoms with Gasteiger partial charge in [0.1, 0.15) is 6.04 Å². The van der Waals surface area contributed by atoms with Crippen molar-refractivity contribution in [2.24, 2.45) is 5.92 Å². The third-order valence-electron chi connectivity index (χ3n) is 5.25. The molecule has 9 heteroatoms. The maximum atomic E-state index is 13.0. The summed E-state index contributed by atoms with van der Waals surface area (Å²) in [5.41, 5.74) is 0. The van der Waals surface area contributed by atoms with Crippen LogP contribution in [0.2, 0.25) is 5.02 Å². The van der Waals surface area contributed by atoms with E-state index in [1.807, 2.05) is 0 Å². The number of esters is 1. The molecule has 0 aromatic heterocycles. The van der Waals surface area contributed by atoms with Crippen LogP contribution in [0.15, 0.2) is 29.2 Å². The number of methoxy groups -OCH3 is 1. The maximum Gasteiger partial charge on any atom is 0.308 e. The molecule has 0 aliphatic carbocycles. The smallest absolute Gasteiger partial charge is 0.308 e. The fraction of sp³-hybridized carbons (Fsp3) is 0.556. The minimum atomic E-state index is -3.76. The van der Waals surface area contributed by atoms with Gasteiger partial charge in [0.15, 0.2) is 0 Å². The zero-order valence-corrected chi connectivity index (χ0v) is 16.7. The second kappa shape index (κ2) is 8.16. The molecule has 0 bridgehead atoms. The molecule has 2 aliphatic rings. The molecule has 148 valence electrons. The summed E-state index contributed by atoms with van der Waals surface area (Å²) < 4.78 is 32.0. The number of sulfonamides is 1. The number of rotatable bonds is 4. The highest BCUT2D eigenvalue weighted by molar-refractivity contribution is 7.89. The Morgan fingerprint density at radius 3 is 2.30 bits per heavy atom. The van der Waals surface area contributed by atoms with E-state index in [1.54, 1.807) is 4.90 Å². The van der Waals surface area contributed by atoms with Gasteiger partial charge in [-0.1, -0.05) is 11.6 Å². The van der Waals surface area contributed by atoms with Gasteiger partial charge >= 0.3 is 5.97 Å². The Bertz CT molecular complexity index is 804. The van der Waals surface area contributed by atoms with Crippen molar-refractivity contribution in [3.63, 3.8) is 0 Å². The van der Waals surface area contributed by atoms with Crippen LogP contribution in [0, 0.1) is 5.92 Å². The standard InChI is InChI=1S/C18H23ClN2O5S/c1-26-18(23)13-8-11-20(12-9-13)17(22)16-3-2-10-21(16)27(24,25)15-6-4-14(19)5-7-15/h4-7,13,16H,2-3,8-12H2,1H3/t16-/m0/s1. The molecule has 1 amide bonds. The topological polar surface area (TPSA) is 84.0 Å².